The SMILES string of the molecule is CN(Cc1nc2ccsc2c(=O)[nH]1)Cc1nc2ccccc2n1C. The summed E-state index contributed by atoms with van der Waals surface area (Å²) in [7, 11) is 4.02. The standard InChI is InChI=1S/C17H17N5OS/c1-21(9-14-18-12-7-8-24-16(12)17(23)20-14)10-15-19-11-5-3-4-6-13(11)22(15)2/h3-8H,9-10H2,1-2H3,(H,18,20,23). The summed E-state index contributed by atoms with van der Waals surface area (Å²) < 4.78 is 2.78. The molecule has 0 atom stereocenters. The fourth-order valence-corrected chi connectivity index (χ4v) is 3.61. The normalized spacial score (nSPS) is 11.8. The number of nitrogens with zero attached hydrogens (tertiary/aromatic N) is 4. The zero-order valence-corrected chi connectivity index (χ0v) is 14.3. The highest BCUT2D eigenvalue weighted by Crippen LogP contribution is 2.16. The van der Waals surface area contributed by atoms with Gasteiger partial charge in [0.25, 0.3) is 5.56 Å². The third-order valence-electron chi connectivity index (χ3n) is 4.07. The van der Waals surface area contributed by atoms with Gasteiger partial charge in [0.15, 0.2) is 0 Å². The van der Waals surface area contributed by atoms with Gasteiger partial charge in [0.2, 0.25) is 0 Å². The Morgan fingerprint density at radius 2 is 2.00 bits per heavy atom. The lowest BCUT2D eigenvalue weighted by Gasteiger charge is -2.15. The zero-order chi connectivity index (χ0) is 16.7. The van der Waals surface area contributed by atoms with Crippen molar-refractivity contribution in [1.29, 1.82) is 0 Å². The molecule has 3 aromatic heterocycles. The molecule has 3 heterocycles. The molecule has 4 rings (SSSR count). The van der Waals surface area contributed by atoms with Gasteiger partial charge in [-0.2, -0.15) is 0 Å². The number of nitrogens with one attached hydrogen (secondary N) is 1. The highest BCUT2D eigenvalue weighted by molar-refractivity contribution is 7.17. The molecule has 0 unspecified atom stereocenters. The predicted octanol–water partition coefficient (Wildman–Crippen LogP) is 2.50. The fourth-order valence-electron chi connectivity index (χ4n) is 2.89. The molecule has 1 aromatic carbocycles. The molecule has 0 saturated heterocycles. The lowest BCUT2D eigenvalue weighted by Crippen LogP contribution is -2.22. The number of thiophene rings is 1. The smallest absolute Gasteiger partial charge is 0.268 e. The fraction of sp³-hybridized carbons (Fsp3) is 0.235. The molecule has 1 N–H and O–H groups in total. The van der Waals surface area contributed by atoms with Crippen molar-refractivity contribution in [3.05, 3.63) is 57.7 Å². The van der Waals surface area contributed by atoms with Crippen molar-refractivity contribution in [2.24, 2.45) is 7.05 Å². The molecule has 0 bridgehead atoms. The second-order valence-corrected chi connectivity index (χ2v) is 6.81. The number of imidazole rings is 1. The summed E-state index contributed by atoms with van der Waals surface area (Å²) in [6, 6.07) is 9.97. The molecule has 24 heavy (non-hydrogen) atoms. The van der Waals surface area contributed by atoms with E-state index in [-0.39, 0.29) is 5.56 Å². The molecular formula is C17H17N5OS. The quantitative estimate of drug-likeness (QED) is 0.620. The Morgan fingerprint density at radius 3 is 2.83 bits per heavy atom. The van der Waals surface area contributed by atoms with Gasteiger partial charge in [0.1, 0.15) is 16.3 Å². The van der Waals surface area contributed by atoms with Gasteiger partial charge in [0, 0.05) is 7.05 Å². The maximum absolute atomic E-state index is 12.1. The van der Waals surface area contributed by atoms with Crippen LogP contribution in [0.4, 0.5) is 0 Å². The number of rotatable bonds is 4. The lowest BCUT2D eigenvalue weighted by atomic mass is 10.3. The van der Waals surface area contributed by atoms with Gasteiger partial charge in [-0.15, -0.1) is 11.3 Å². The summed E-state index contributed by atoms with van der Waals surface area (Å²) in [6.45, 7) is 1.24. The number of H-pyrrole nitrogens is 1. The first-order chi connectivity index (χ1) is 11.6. The summed E-state index contributed by atoms with van der Waals surface area (Å²) >= 11 is 1.42. The second-order valence-electron chi connectivity index (χ2n) is 5.90. The molecule has 7 heteroatoms. The number of aryl methyl sites for hydroxylation is 1. The minimum atomic E-state index is -0.0684. The first kappa shape index (κ1) is 15.0. The van der Waals surface area contributed by atoms with E-state index in [0.29, 0.717) is 23.6 Å². The van der Waals surface area contributed by atoms with E-state index in [2.05, 4.69) is 30.5 Å². The Labute approximate surface area is 142 Å². The summed E-state index contributed by atoms with van der Waals surface area (Å²) in [6.07, 6.45) is 0. The Hall–Kier alpha value is -2.51. The van der Waals surface area contributed by atoms with Crippen LogP contribution in [0.15, 0.2) is 40.5 Å². The topological polar surface area (TPSA) is 66.8 Å². The third-order valence-corrected chi connectivity index (χ3v) is 4.98. The Kier molecular flexibility index (Phi) is 3.66. The van der Waals surface area contributed by atoms with E-state index in [1.807, 2.05) is 43.7 Å². The van der Waals surface area contributed by atoms with Crippen LogP contribution in [0.3, 0.4) is 0 Å². The molecule has 0 fully saturated rings. The van der Waals surface area contributed by atoms with Crippen LogP contribution >= 0.6 is 11.3 Å². The molecule has 6 nitrogen and oxygen atoms in total. The molecule has 0 amide bonds. The van der Waals surface area contributed by atoms with Crippen molar-refractivity contribution >= 4 is 32.6 Å². The van der Waals surface area contributed by atoms with E-state index in [1.165, 1.54) is 11.3 Å². The van der Waals surface area contributed by atoms with Crippen molar-refractivity contribution in [2.45, 2.75) is 13.1 Å². The Bertz CT molecular complexity index is 1080. The van der Waals surface area contributed by atoms with Gasteiger partial charge in [0.05, 0.1) is 29.6 Å². The maximum Gasteiger partial charge on any atom is 0.268 e. The molecule has 0 aliphatic rings. The molecular weight excluding hydrogens is 322 g/mol. The zero-order valence-electron chi connectivity index (χ0n) is 13.5. The van der Waals surface area contributed by atoms with Crippen molar-refractivity contribution in [3.63, 3.8) is 0 Å². The van der Waals surface area contributed by atoms with E-state index in [1.54, 1.807) is 0 Å². The molecule has 0 radical (unpaired) electrons. The van der Waals surface area contributed by atoms with E-state index in [4.69, 9.17) is 0 Å². The minimum absolute atomic E-state index is 0.0684. The molecule has 4 aromatic rings. The minimum Gasteiger partial charge on any atom is -0.330 e. The molecule has 0 spiro atoms. The number of aromatic nitrogens is 4. The van der Waals surface area contributed by atoms with Crippen LogP contribution in [0.1, 0.15) is 11.6 Å². The highest BCUT2D eigenvalue weighted by Gasteiger charge is 2.12. The summed E-state index contributed by atoms with van der Waals surface area (Å²) in [5, 5.41) is 1.89. The monoisotopic (exact) mass is 339 g/mol. The molecule has 0 aliphatic carbocycles. The van der Waals surface area contributed by atoms with Crippen LogP contribution < -0.4 is 5.56 Å². The van der Waals surface area contributed by atoms with Crippen LogP contribution in [0.2, 0.25) is 0 Å². The maximum atomic E-state index is 12.1. The Morgan fingerprint density at radius 1 is 1.17 bits per heavy atom. The number of fused-ring (bicyclic) bond motifs is 2. The van der Waals surface area contributed by atoms with Crippen molar-refractivity contribution in [3.8, 4) is 0 Å². The van der Waals surface area contributed by atoms with E-state index in [9.17, 15) is 4.79 Å². The van der Waals surface area contributed by atoms with Crippen molar-refractivity contribution in [2.75, 3.05) is 7.05 Å². The number of para-hydroxylation sites is 2. The van der Waals surface area contributed by atoms with Gasteiger partial charge in [-0.05, 0) is 30.6 Å². The van der Waals surface area contributed by atoms with Crippen LogP contribution in [0.5, 0.6) is 0 Å². The largest absolute Gasteiger partial charge is 0.330 e. The molecule has 0 saturated carbocycles. The number of benzene rings is 1. The van der Waals surface area contributed by atoms with Crippen LogP contribution in [-0.2, 0) is 20.1 Å². The van der Waals surface area contributed by atoms with Gasteiger partial charge in [-0.25, -0.2) is 9.97 Å². The van der Waals surface area contributed by atoms with Gasteiger partial charge in [-0.3, -0.25) is 9.69 Å². The lowest BCUT2D eigenvalue weighted by molar-refractivity contribution is 0.300. The summed E-state index contributed by atoms with van der Waals surface area (Å²) in [5.74, 6) is 1.66. The van der Waals surface area contributed by atoms with Crippen LogP contribution in [0.25, 0.3) is 21.3 Å². The first-order valence-electron chi connectivity index (χ1n) is 7.67. The van der Waals surface area contributed by atoms with E-state index in [0.717, 1.165) is 22.4 Å². The van der Waals surface area contributed by atoms with Gasteiger partial charge < -0.3 is 9.55 Å². The summed E-state index contributed by atoms with van der Waals surface area (Å²) in [5.41, 5.74) is 2.80. The Balaban J connectivity index is 1.57. The number of aromatic amines is 1. The number of hydrogen-bond donors (Lipinski definition) is 1. The first-order valence-corrected chi connectivity index (χ1v) is 8.55. The van der Waals surface area contributed by atoms with Crippen molar-refractivity contribution in [1.82, 2.24) is 24.4 Å². The van der Waals surface area contributed by atoms with Gasteiger partial charge >= 0.3 is 0 Å². The van der Waals surface area contributed by atoms with Crippen molar-refractivity contribution < 1.29 is 0 Å². The van der Waals surface area contributed by atoms with E-state index < -0.39 is 0 Å². The summed E-state index contributed by atoms with van der Waals surface area (Å²) in [4.78, 5) is 26.2. The molecule has 122 valence electrons. The highest BCUT2D eigenvalue weighted by atomic mass is 32.1. The molecule has 0 aliphatic heterocycles. The number of hydrogen-bond acceptors (Lipinski definition) is 5. The van der Waals surface area contributed by atoms with Gasteiger partial charge in [-0.1, -0.05) is 12.1 Å². The average Bonchev–Trinajstić information content (AvgIpc) is 3.13. The van der Waals surface area contributed by atoms with Crippen LogP contribution in [-0.4, -0.2) is 31.5 Å². The van der Waals surface area contributed by atoms with E-state index >= 15 is 0 Å². The predicted molar refractivity (Wildman–Crippen MR) is 96.1 cm³/mol. The second kappa shape index (κ2) is 5.85. The third kappa shape index (κ3) is 2.61. The van der Waals surface area contributed by atoms with Crippen LogP contribution in [0, 0.1) is 0 Å². The average molecular weight is 339 g/mol.